The smallest absolute Gasteiger partial charge is 0.321 e. The average Bonchev–Trinajstić information content (AvgIpc) is 2.40. The lowest BCUT2D eigenvalue weighted by atomic mass is 9.93. The summed E-state index contributed by atoms with van der Waals surface area (Å²) < 4.78 is 0. The van der Waals surface area contributed by atoms with Crippen LogP contribution in [-0.2, 0) is 4.79 Å². The van der Waals surface area contributed by atoms with E-state index in [0.717, 1.165) is 18.5 Å². The van der Waals surface area contributed by atoms with Gasteiger partial charge in [-0.2, -0.15) is 0 Å². The highest BCUT2D eigenvalue weighted by molar-refractivity contribution is 5.89. The van der Waals surface area contributed by atoms with Crippen LogP contribution in [-0.4, -0.2) is 29.9 Å². The second kappa shape index (κ2) is 6.22. The number of hydrogen-bond donors (Lipinski definition) is 2. The Morgan fingerprint density at radius 1 is 1.21 bits per heavy atom. The number of amides is 3. The number of anilines is 1. The van der Waals surface area contributed by atoms with Crippen molar-refractivity contribution in [3.63, 3.8) is 0 Å². The van der Waals surface area contributed by atoms with Crippen molar-refractivity contribution in [3.05, 3.63) is 30.3 Å². The molecule has 2 rings (SSSR count). The van der Waals surface area contributed by atoms with E-state index in [2.05, 4.69) is 5.32 Å². The van der Waals surface area contributed by atoms with Crippen LogP contribution in [0.15, 0.2) is 30.3 Å². The van der Waals surface area contributed by atoms with Gasteiger partial charge in [-0.3, -0.25) is 4.79 Å². The Kier molecular flexibility index (Phi) is 4.39. The molecule has 0 radical (unpaired) electrons. The summed E-state index contributed by atoms with van der Waals surface area (Å²) in [6, 6.07) is 9.31. The Bertz CT molecular complexity index is 439. The number of para-hydroxylation sites is 1. The molecule has 3 amide bonds. The van der Waals surface area contributed by atoms with Gasteiger partial charge in [0.25, 0.3) is 0 Å². The summed E-state index contributed by atoms with van der Waals surface area (Å²) in [4.78, 5) is 24.7. The van der Waals surface area contributed by atoms with E-state index >= 15 is 0 Å². The molecule has 0 spiro atoms. The Morgan fingerprint density at radius 3 is 2.42 bits per heavy atom. The minimum absolute atomic E-state index is 0.0799. The Labute approximate surface area is 112 Å². The first-order chi connectivity index (χ1) is 9.15. The quantitative estimate of drug-likeness (QED) is 0.870. The first-order valence-corrected chi connectivity index (χ1v) is 6.54. The minimum Gasteiger partial charge on any atom is -0.370 e. The van der Waals surface area contributed by atoms with Crippen LogP contribution in [0, 0.1) is 5.92 Å². The molecule has 5 heteroatoms. The summed E-state index contributed by atoms with van der Waals surface area (Å²) in [5.74, 6) is 0.0606. The third-order valence-corrected chi connectivity index (χ3v) is 3.42. The molecule has 19 heavy (non-hydrogen) atoms. The molecule has 1 aliphatic rings. The molecule has 0 aliphatic carbocycles. The van der Waals surface area contributed by atoms with Crippen LogP contribution in [0.25, 0.3) is 0 Å². The van der Waals surface area contributed by atoms with Crippen molar-refractivity contribution in [2.45, 2.75) is 19.3 Å². The average molecular weight is 261 g/mol. The molecule has 0 bridgehead atoms. The maximum absolute atomic E-state index is 12.0. The summed E-state index contributed by atoms with van der Waals surface area (Å²) in [5, 5.41) is 2.86. The minimum atomic E-state index is -0.257. The topological polar surface area (TPSA) is 75.4 Å². The van der Waals surface area contributed by atoms with E-state index in [9.17, 15) is 9.59 Å². The van der Waals surface area contributed by atoms with Gasteiger partial charge >= 0.3 is 6.03 Å². The fraction of sp³-hybridized carbons (Fsp3) is 0.429. The predicted molar refractivity (Wildman–Crippen MR) is 73.6 cm³/mol. The van der Waals surface area contributed by atoms with Gasteiger partial charge in [0.15, 0.2) is 0 Å². The van der Waals surface area contributed by atoms with Crippen molar-refractivity contribution in [2.24, 2.45) is 11.7 Å². The number of urea groups is 1. The number of piperidine rings is 1. The molecule has 0 unspecified atom stereocenters. The highest BCUT2D eigenvalue weighted by atomic mass is 16.2. The molecule has 1 saturated heterocycles. The summed E-state index contributed by atoms with van der Waals surface area (Å²) in [6.45, 7) is 1.35. The van der Waals surface area contributed by atoms with Crippen molar-refractivity contribution in [1.82, 2.24) is 4.90 Å². The van der Waals surface area contributed by atoms with Gasteiger partial charge in [-0.25, -0.2) is 4.79 Å². The first kappa shape index (κ1) is 13.4. The number of benzene rings is 1. The Balaban J connectivity index is 1.81. The van der Waals surface area contributed by atoms with E-state index in [4.69, 9.17) is 5.73 Å². The van der Waals surface area contributed by atoms with Gasteiger partial charge in [0.05, 0.1) is 0 Å². The van der Waals surface area contributed by atoms with Crippen molar-refractivity contribution in [2.75, 3.05) is 18.4 Å². The van der Waals surface area contributed by atoms with Gasteiger partial charge in [0.2, 0.25) is 5.91 Å². The van der Waals surface area contributed by atoms with E-state index in [0.29, 0.717) is 25.4 Å². The zero-order chi connectivity index (χ0) is 13.7. The monoisotopic (exact) mass is 261 g/mol. The van der Waals surface area contributed by atoms with Gasteiger partial charge in [-0.1, -0.05) is 18.2 Å². The van der Waals surface area contributed by atoms with E-state index in [-0.39, 0.29) is 11.9 Å². The molecule has 1 fully saturated rings. The van der Waals surface area contributed by atoms with Crippen LogP contribution in [0.3, 0.4) is 0 Å². The number of nitrogens with one attached hydrogen (secondary N) is 1. The van der Waals surface area contributed by atoms with Crippen LogP contribution >= 0.6 is 0 Å². The number of primary amides is 1. The zero-order valence-corrected chi connectivity index (χ0v) is 10.8. The SMILES string of the molecule is NC(=O)CC1CCN(C(=O)Nc2ccccc2)CC1. The summed E-state index contributed by atoms with van der Waals surface area (Å²) in [6.07, 6.45) is 2.10. The summed E-state index contributed by atoms with van der Waals surface area (Å²) in [7, 11) is 0. The number of carbonyl (C=O) groups excluding carboxylic acids is 2. The number of likely N-dealkylation sites (tertiary alicyclic amines) is 1. The third kappa shape index (κ3) is 3.98. The van der Waals surface area contributed by atoms with E-state index in [1.165, 1.54) is 0 Å². The molecular formula is C14H19N3O2. The largest absolute Gasteiger partial charge is 0.370 e. The molecular weight excluding hydrogens is 242 g/mol. The second-order valence-electron chi connectivity index (χ2n) is 4.90. The maximum atomic E-state index is 12.0. The molecule has 0 aromatic heterocycles. The highest BCUT2D eigenvalue weighted by Gasteiger charge is 2.23. The van der Waals surface area contributed by atoms with Crippen LogP contribution in [0.4, 0.5) is 10.5 Å². The molecule has 0 saturated carbocycles. The molecule has 102 valence electrons. The van der Waals surface area contributed by atoms with Crippen LogP contribution in [0.2, 0.25) is 0 Å². The molecule has 1 aromatic carbocycles. The molecule has 5 nitrogen and oxygen atoms in total. The highest BCUT2D eigenvalue weighted by Crippen LogP contribution is 2.20. The van der Waals surface area contributed by atoms with Gasteiger partial charge in [-0.15, -0.1) is 0 Å². The molecule has 1 heterocycles. The third-order valence-electron chi connectivity index (χ3n) is 3.42. The van der Waals surface area contributed by atoms with Crippen molar-refractivity contribution in [3.8, 4) is 0 Å². The van der Waals surface area contributed by atoms with Crippen molar-refractivity contribution >= 4 is 17.6 Å². The lowest BCUT2D eigenvalue weighted by Gasteiger charge is -2.31. The standard InChI is InChI=1S/C14H19N3O2/c15-13(18)10-11-6-8-17(9-7-11)14(19)16-12-4-2-1-3-5-12/h1-5,11H,6-10H2,(H2,15,18)(H,16,19). The number of hydrogen-bond acceptors (Lipinski definition) is 2. The van der Waals surface area contributed by atoms with Gasteiger partial charge in [0, 0.05) is 25.2 Å². The zero-order valence-electron chi connectivity index (χ0n) is 10.8. The normalized spacial score (nSPS) is 16.1. The fourth-order valence-corrected chi connectivity index (χ4v) is 2.35. The molecule has 3 N–H and O–H groups in total. The Hall–Kier alpha value is -2.04. The van der Waals surface area contributed by atoms with Crippen LogP contribution in [0.5, 0.6) is 0 Å². The predicted octanol–water partition coefficient (Wildman–Crippen LogP) is 1.81. The fourth-order valence-electron chi connectivity index (χ4n) is 2.35. The van der Waals surface area contributed by atoms with E-state index in [1.807, 2.05) is 30.3 Å². The van der Waals surface area contributed by atoms with Crippen LogP contribution < -0.4 is 11.1 Å². The van der Waals surface area contributed by atoms with E-state index in [1.54, 1.807) is 4.90 Å². The van der Waals surface area contributed by atoms with Crippen molar-refractivity contribution in [1.29, 1.82) is 0 Å². The molecule has 0 atom stereocenters. The number of carbonyl (C=O) groups is 2. The lowest BCUT2D eigenvalue weighted by Crippen LogP contribution is -2.41. The van der Waals surface area contributed by atoms with Crippen LogP contribution in [0.1, 0.15) is 19.3 Å². The van der Waals surface area contributed by atoms with E-state index < -0.39 is 0 Å². The van der Waals surface area contributed by atoms with Gasteiger partial charge in [-0.05, 0) is 30.9 Å². The van der Waals surface area contributed by atoms with Gasteiger partial charge < -0.3 is 16.0 Å². The maximum Gasteiger partial charge on any atom is 0.321 e. The number of nitrogens with two attached hydrogens (primary N) is 1. The number of rotatable bonds is 3. The second-order valence-corrected chi connectivity index (χ2v) is 4.90. The molecule has 1 aromatic rings. The molecule has 1 aliphatic heterocycles. The lowest BCUT2D eigenvalue weighted by molar-refractivity contribution is -0.119. The summed E-state index contributed by atoms with van der Waals surface area (Å²) >= 11 is 0. The number of nitrogens with zero attached hydrogens (tertiary/aromatic N) is 1. The first-order valence-electron chi connectivity index (χ1n) is 6.54. The summed E-state index contributed by atoms with van der Waals surface area (Å²) in [5.41, 5.74) is 5.99. The van der Waals surface area contributed by atoms with Gasteiger partial charge in [0.1, 0.15) is 0 Å². The van der Waals surface area contributed by atoms with Crippen molar-refractivity contribution < 1.29 is 9.59 Å². The Morgan fingerprint density at radius 2 is 1.84 bits per heavy atom.